The molecule has 3 aromatic heterocycles. The molecule has 2 aliphatic heterocycles. The fourth-order valence-corrected chi connectivity index (χ4v) is 5.79. The lowest BCUT2D eigenvalue weighted by atomic mass is 9.93. The standard InChI is InChI=1S/C27H27BrFN9O5/c28-21-2-1-3-22(33-21)34-25(40)20-8-15(29)11-37(20)27(13-42-14-27)12-38-19-5-4-16(9-18(19)23(35-38)24(30)39)32-26(41)31-10-17-6-7-43-36-17/h1-7,9,15,20H,8,10-14H2,(H2,30,39)(H2,31,32,41)(H,33,34,40)/t15-,20+/m1/s1. The van der Waals surface area contributed by atoms with Crippen molar-refractivity contribution in [2.45, 2.75) is 37.3 Å². The first-order chi connectivity index (χ1) is 20.7. The van der Waals surface area contributed by atoms with Gasteiger partial charge in [0.05, 0.1) is 43.4 Å². The molecule has 1 aromatic carbocycles. The summed E-state index contributed by atoms with van der Waals surface area (Å²) < 4.78 is 27.4. The van der Waals surface area contributed by atoms with Gasteiger partial charge in [0.15, 0.2) is 5.69 Å². The monoisotopic (exact) mass is 655 g/mol. The van der Waals surface area contributed by atoms with Crippen molar-refractivity contribution in [2.75, 3.05) is 30.4 Å². The molecule has 224 valence electrons. The van der Waals surface area contributed by atoms with Gasteiger partial charge < -0.3 is 30.9 Å². The largest absolute Gasteiger partial charge is 0.377 e. The molecule has 5 N–H and O–H groups in total. The van der Waals surface area contributed by atoms with Crippen LogP contribution in [0.5, 0.6) is 0 Å². The molecule has 4 amide bonds. The minimum Gasteiger partial charge on any atom is -0.377 e. The van der Waals surface area contributed by atoms with E-state index in [4.69, 9.17) is 15.0 Å². The predicted molar refractivity (Wildman–Crippen MR) is 155 cm³/mol. The van der Waals surface area contributed by atoms with Gasteiger partial charge in [-0.2, -0.15) is 5.10 Å². The van der Waals surface area contributed by atoms with E-state index in [0.717, 1.165) is 0 Å². The smallest absolute Gasteiger partial charge is 0.319 e. The van der Waals surface area contributed by atoms with E-state index < -0.39 is 29.7 Å². The fourth-order valence-electron chi connectivity index (χ4n) is 5.44. The number of nitrogens with two attached hydrogens (primary N) is 1. The summed E-state index contributed by atoms with van der Waals surface area (Å²) in [5, 5.41) is 16.8. The minimum atomic E-state index is -1.22. The highest BCUT2D eigenvalue weighted by Gasteiger charge is 2.53. The Morgan fingerprint density at radius 2 is 2.00 bits per heavy atom. The Balaban J connectivity index is 1.23. The molecule has 5 heterocycles. The average Bonchev–Trinajstić information content (AvgIpc) is 3.69. The van der Waals surface area contributed by atoms with E-state index in [-0.39, 0.29) is 50.9 Å². The quantitative estimate of drug-likeness (QED) is 0.197. The number of fused-ring (bicyclic) bond motifs is 1. The first-order valence-corrected chi connectivity index (χ1v) is 14.2. The van der Waals surface area contributed by atoms with Crippen LogP contribution in [0.3, 0.4) is 0 Å². The number of urea groups is 1. The molecule has 0 radical (unpaired) electrons. The van der Waals surface area contributed by atoms with Gasteiger partial charge in [0.25, 0.3) is 5.91 Å². The summed E-state index contributed by atoms with van der Waals surface area (Å²) in [6, 6.07) is 10.5. The van der Waals surface area contributed by atoms with Crippen molar-refractivity contribution in [1.82, 2.24) is 30.1 Å². The molecule has 2 saturated heterocycles. The third kappa shape index (κ3) is 5.93. The third-order valence-corrected chi connectivity index (χ3v) is 7.92. The number of carbonyl (C=O) groups excluding carboxylic acids is 3. The maximum absolute atomic E-state index is 14.8. The molecule has 2 atom stereocenters. The van der Waals surface area contributed by atoms with Gasteiger partial charge in [-0.05, 0) is 46.3 Å². The Morgan fingerprint density at radius 1 is 1.16 bits per heavy atom. The summed E-state index contributed by atoms with van der Waals surface area (Å²) in [4.78, 5) is 44.2. The van der Waals surface area contributed by atoms with Crippen molar-refractivity contribution < 1.29 is 28.0 Å². The molecule has 2 aliphatic rings. The van der Waals surface area contributed by atoms with E-state index >= 15 is 0 Å². The number of primary amides is 1. The first kappa shape index (κ1) is 28.7. The Bertz CT molecular complexity index is 1680. The number of pyridine rings is 1. The number of halogens is 2. The maximum atomic E-state index is 14.8. The maximum Gasteiger partial charge on any atom is 0.319 e. The fraction of sp³-hybridized carbons (Fsp3) is 0.333. The number of rotatable bonds is 9. The molecule has 6 rings (SSSR count). The predicted octanol–water partition coefficient (Wildman–Crippen LogP) is 2.42. The molecule has 14 nitrogen and oxygen atoms in total. The molecule has 43 heavy (non-hydrogen) atoms. The minimum absolute atomic E-state index is 0.0110. The second-order valence-corrected chi connectivity index (χ2v) is 11.3. The molecule has 0 spiro atoms. The highest BCUT2D eigenvalue weighted by atomic mass is 79.9. The number of nitrogens with one attached hydrogen (secondary N) is 3. The van der Waals surface area contributed by atoms with Gasteiger partial charge in [0, 0.05) is 30.1 Å². The number of ether oxygens (including phenoxy) is 1. The van der Waals surface area contributed by atoms with E-state index in [0.29, 0.717) is 32.7 Å². The van der Waals surface area contributed by atoms with Gasteiger partial charge in [-0.25, -0.2) is 14.2 Å². The summed E-state index contributed by atoms with van der Waals surface area (Å²) in [6.45, 7) is 0.864. The topological polar surface area (TPSA) is 183 Å². The number of benzene rings is 1. The van der Waals surface area contributed by atoms with E-state index in [9.17, 15) is 18.8 Å². The van der Waals surface area contributed by atoms with Gasteiger partial charge in [0.1, 0.15) is 28.5 Å². The normalized spacial score (nSPS) is 19.6. The van der Waals surface area contributed by atoms with Crippen LogP contribution in [0.15, 0.2) is 57.9 Å². The van der Waals surface area contributed by atoms with Crippen molar-refractivity contribution in [3.8, 4) is 0 Å². The second kappa shape index (κ2) is 11.7. The average molecular weight is 656 g/mol. The summed E-state index contributed by atoms with van der Waals surface area (Å²) in [6.07, 6.45) is 0.201. The number of aromatic nitrogens is 4. The van der Waals surface area contributed by atoms with Crippen molar-refractivity contribution in [2.24, 2.45) is 5.73 Å². The van der Waals surface area contributed by atoms with E-state index in [2.05, 4.69) is 47.1 Å². The number of hydrogen-bond donors (Lipinski definition) is 4. The van der Waals surface area contributed by atoms with Crippen LogP contribution in [-0.4, -0.2) is 80.2 Å². The zero-order valence-electron chi connectivity index (χ0n) is 22.6. The number of likely N-dealkylation sites (tertiary alicyclic amines) is 1. The van der Waals surface area contributed by atoms with Crippen LogP contribution in [0, 0.1) is 0 Å². The molecule has 0 saturated carbocycles. The highest BCUT2D eigenvalue weighted by molar-refractivity contribution is 9.10. The number of anilines is 2. The molecular formula is C27H27BrFN9O5. The zero-order valence-corrected chi connectivity index (χ0v) is 24.2. The van der Waals surface area contributed by atoms with E-state index in [1.165, 1.54) is 6.26 Å². The van der Waals surface area contributed by atoms with Crippen molar-refractivity contribution in [3.05, 3.63) is 64.7 Å². The Kier molecular flexibility index (Phi) is 7.81. The number of alkyl halides is 1. The number of nitrogens with zero attached hydrogens (tertiary/aromatic N) is 5. The van der Waals surface area contributed by atoms with Crippen LogP contribution in [0.25, 0.3) is 10.9 Å². The molecule has 0 bridgehead atoms. The third-order valence-electron chi connectivity index (χ3n) is 7.48. The summed E-state index contributed by atoms with van der Waals surface area (Å²) >= 11 is 3.29. The van der Waals surface area contributed by atoms with Gasteiger partial charge in [-0.1, -0.05) is 11.2 Å². The lowest BCUT2D eigenvalue weighted by molar-refractivity contribution is -0.160. The van der Waals surface area contributed by atoms with Crippen LogP contribution in [-0.2, 0) is 22.6 Å². The van der Waals surface area contributed by atoms with Crippen LogP contribution >= 0.6 is 15.9 Å². The number of amides is 4. The summed E-state index contributed by atoms with van der Waals surface area (Å²) in [5.74, 6) is -0.780. The molecule has 16 heteroatoms. The van der Waals surface area contributed by atoms with Crippen molar-refractivity contribution in [1.29, 1.82) is 0 Å². The zero-order chi connectivity index (χ0) is 30.1. The van der Waals surface area contributed by atoms with Crippen molar-refractivity contribution in [3.63, 3.8) is 0 Å². The molecule has 0 aliphatic carbocycles. The molecule has 0 unspecified atom stereocenters. The lowest BCUT2D eigenvalue weighted by Crippen LogP contribution is -2.67. The molecule has 4 aromatic rings. The summed E-state index contributed by atoms with van der Waals surface area (Å²) in [5.41, 5.74) is 6.45. The van der Waals surface area contributed by atoms with E-state index in [1.54, 1.807) is 47.1 Å². The van der Waals surface area contributed by atoms with Crippen LogP contribution < -0.4 is 21.7 Å². The van der Waals surface area contributed by atoms with Gasteiger partial charge in [-0.15, -0.1) is 0 Å². The van der Waals surface area contributed by atoms with Crippen molar-refractivity contribution >= 4 is 56.2 Å². The first-order valence-electron chi connectivity index (χ1n) is 13.4. The number of hydrogen-bond acceptors (Lipinski definition) is 9. The van der Waals surface area contributed by atoms with Crippen LogP contribution in [0.4, 0.5) is 20.7 Å². The summed E-state index contributed by atoms with van der Waals surface area (Å²) in [7, 11) is 0. The molecular weight excluding hydrogens is 629 g/mol. The number of carbonyl (C=O) groups is 3. The lowest BCUT2D eigenvalue weighted by Gasteiger charge is -2.49. The molecule has 2 fully saturated rings. The van der Waals surface area contributed by atoms with Gasteiger partial charge in [0.2, 0.25) is 5.91 Å². The Morgan fingerprint density at radius 3 is 2.70 bits per heavy atom. The van der Waals surface area contributed by atoms with Gasteiger partial charge >= 0.3 is 6.03 Å². The second-order valence-electron chi connectivity index (χ2n) is 10.5. The Hall–Kier alpha value is -4.41. The Labute approximate surface area is 252 Å². The van der Waals surface area contributed by atoms with E-state index in [1.807, 2.05) is 4.90 Å². The van der Waals surface area contributed by atoms with Crippen LogP contribution in [0.1, 0.15) is 22.6 Å². The van der Waals surface area contributed by atoms with Crippen LogP contribution in [0.2, 0.25) is 0 Å². The van der Waals surface area contributed by atoms with Gasteiger partial charge in [-0.3, -0.25) is 19.2 Å². The SMILES string of the molecule is NC(=O)c1nn(CC2(N3C[C@H](F)C[C@H]3C(=O)Nc3cccc(Br)n3)COC2)c2ccc(NC(=O)NCc3ccon3)cc12. The highest BCUT2D eigenvalue weighted by Crippen LogP contribution is 2.37.